The molecule has 0 spiro atoms. The first-order valence-electron chi connectivity index (χ1n) is 12.7. The van der Waals surface area contributed by atoms with Gasteiger partial charge in [-0.3, -0.25) is 4.79 Å². The van der Waals surface area contributed by atoms with Crippen LogP contribution in [0.25, 0.3) is 0 Å². The van der Waals surface area contributed by atoms with Crippen LogP contribution in [0.2, 0.25) is 0 Å². The summed E-state index contributed by atoms with van der Waals surface area (Å²) in [4.78, 5) is 13.1. The molecule has 4 aliphatic rings. The molecule has 0 aromatic heterocycles. The van der Waals surface area contributed by atoms with Crippen LogP contribution in [0.5, 0.6) is 0 Å². The van der Waals surface area contributed by atoms with Crippen molar-refractivity contribution < 1.29 is 9.90 Å². The quantitative estimate of drug-likeness (QED) is 0.547. The molecule has 2 heteroatoms. The van der Waals surface area contributed by atoms with Gasteiger partial charge in [0.1, 0.15) is 0 Å². The zero-order valence-corrected chi connectivity index (χ0v) is 19.4. The largest absolute Gasteiger partial charge is 0.396 e. The average molecular weight is 401 g/mol. The van der Waals surface area contributed by atoms with Crippen LogP contribution in [0, 0.1) is 46.3 Å². The Morgan fingerprint density at radius 3 is 2.48 bits per heavy atom. The molecule has 2 nitrogen and oxygen atoms in total. The zero-order valence-electron chi connectivity index (χ0n) is 19.4. The third-order valence-electron chi connectivity index (χ3n) is 10.2. The summed E-state index contributed by atoms with van der Waals surface area (Å²) in [5.74, 6) is 4.08. The van der Waals surface area contributed by atoms with Crippen LogP contribution < -0.4 is 0 Å². The molecule has 2 unspecified atom stereocenters. The van der Waals surface area contributed by atoms with Gasteiger partial charge < -0.3 is 5.11 Å². The summed E-state index contributed by atoms with van der Waals surface area (Å²) in [6, 6.07) is 0. The summed E-state index contributed by atoms with van der Waals surface area (Å²) in [6.07, 6.45) is 16.1. The fourth-order valence-electron chi connectivity index (χ4n) is 8.47. The predicted octanol–water partition coefficient (Wildman–Crippen LogP) is 6.57. The van der Waals surface area contributed by atoms with Gasteiger partial charge in [0.15, 0.2) is 5.78 Å². The highest BCUT2D eigenvalue weighted by molar-refractivity contribution is 5.94. The highest BCUT2D eigenvalue weighted by Gasteiger charge is 2.59. The van der Waals surface area contributed by atoms with E-state index in [0.717, 1.165) is 24.7 Å². The van der Waals surface area contributed by atoms with Crippen LogP contribution in [0.4, 0.5) is 0 Å². The van der Waals surface area contributed by atoms with E-state index in [9.17, 15) is 9.90 Å². The highest BCUT2D eigenvalue weighted by atomic mass is 16.3. The van der Waals surface area contributed by atoms with E-state index in [4.69, 9.17) is 0 Å². The van der Waals surface area contributed by atoms with Crippen molar-refractivity contribution >= 4 is 5.78 Å². The summed E-state index contributed by atoms with van der Waals surface area (Å²) < 4.78 is 0. The van der Waals surface area contributed by atoms with E-state index in [-0.39, 0.29) is 5.41 Å². The van der Waals surface area contributed by atoms with Gasteiger partial charge in [0.25, 0.3) is 0 Å². The predicted molar refractivity (Wildman–Crippen MR) is 119 cm³/mol. The molecule has 0 aromatic rings. The van der Waals surface area contributed by atoms with E-state index in [1.54, 1.807) is 5.57 Å². The molecule has 0 radical (unpaired) electrons. The van der Waals surface area contributed by atoms with E-state index in [1.807, 2.05) is 0 Å². The lowest BCUT2D eigenvalue weighted by Crippen LogP contribution is -2.51. The van der Waals surface area contributed by atoms with Crippen LogP contribution in [0.1, 0.15) is 98.3 Å². The number of carbonyl (C=O) groups is 1. The number of allylic oxidation sites excluding steroid dienone is 2. The Morgan fingerprint density at radius 1 is 0.966 bits per heavy atom. The van der Waals surface area contributed by atoms with E-state index < -0.39 is 0 Å². The molecule has 0 aliphatic heterocycles. The molecule has 0 amide bonds. The second-order valence-corrected chi connectivity index (χ2v) is 11.9. The van der Waals surface area contributed by atoms with Gasteiger partial charge in [-0.25, -0.2) is 0 Å². The number of hydrogen-bond donors (Lipinski definition) is 1. The van der Waals surface area contributed by atoms with Crippen molar-refractivity contribution in [3.63, 3.8) is 0 Å². The minimum atomic E-state index is 0.241. The summed E-state index contributed by atoms with van der Waals surface area (Å²) in [5, 5.41) is 9.31. The van der Waals surface area contributed by atoms with Crippen molar-refractivity contribution in [2.45, 2.75) is 98.3 Å². The lowest BCUT2D eigenvalue weighted by molar-refractivity contribution is -0.128. The lowest BCUT2D eigenvalue weighted by Gasteiger charge is -2.56. The van der Waals surface area contributed by atoms with Crippen molar-refractivity contribution in [1.29, 1.82) is 0 Å². The van der Waals surface area contributed by atoms with Crippen molar-refractivity contribution in [3.05, 3.63) is 11.6 Å². The van der Waals surface area contributed by atoms with Crippen molar-refractivity contribution in [2.75, 3.05) is 6.61 Å². The molecule has 0 aromatic carbocycles. The van der Waals surface area contributed by atoms with Crippen LogP contribution in [0.15, 0.2) is 11.6 Å². The maximum atomic E-state index is 13.1. The minimum absolute atomic E-state index is 0.241. The third-order valence-corrected chi connectivity index (χ3v) is 10.2. The number of aliphatic hydroxyl groups excluding tert-OH is 1. The van der Waals surface area contributed by atoms with Gasteiger partial charge in [-0.2, -0.15) is 0 Å². The van der Waals surface area contributed by atoms with Gasteiger partial charge in [-0.1, -0.05) is 59.0 Å². The molecular formula is C27H44O2. The molecule has 1 N–H and O–H groups in total. The minimum Gasteiger partial charge on any atom is -0.396 e. The fourth-order valence-corrected chi connectivity index (χ4v) is 8.47. The number of carbonyl (C=O) groups excluding carboxylic acids is 1. The first kappa shape index (κ1) is 21.6. The van der Waals surface area contributed by atoms with Crippen LogP contribution >= 0.6 is 0 Å². The third kappa shape index (κ3) is 3.56. The molecule has 4 aliphatic carbocycles. The second kappa shape index (κ2) is 8.13. The summed E-state index contributed by atoms with van der Waals surface area (Å²) in [6.45, 7) is 9.99. The van der Waals surface area contributed by atoms with Crippen molar-refractivity contribution in [3.8, 4) is 0 Å². The molecule has 0 bridgehead atoms. The Balaban J connectivity index is 1.51. The first-order valence-corrected chi connectivity index (χ1v) is 12.7. The monoisotopic (exact) mass is 400 g/mol. The topological polar surface area (TPSA) is 37.3 Å². The van der Waals surface area contributed by atoms with Crippen LogP contribution in [0.3, 0.4) is 0 Å². The fraction of sp³-hybridized carbons (Fsp3) is 0.889. The number of rotatable bonds is 6. The Labute approximate surface area is 178 Å². The van der Waals surface area contributed by atoms with Gasteiger partial charge in [-0.05, 0) is 91.4 Å². The SMILES string of the molecule is CC(CO)CCC[C@@H](C)[C@H]1CC[C@H]2C3=CC(=O)C4CCCC[C@]4(C)[C@H]3CC[C@]12C. The van der Waals surface area contributed by atoms with Gasteiger partial charge in [-0.15, -0.1) is 0 Å². The smallest absolute Gasteiger partial charge is 0.159 e. The number of ketones is 1. The van der Waals surface area contributed by atoms with E-state index in [0.29, 0.717) is 41.5 Å². The van der Waals surface area contributed by atoms with Gasteiger partial charge >= 0.3 is 0 Å². The van der Waals surface area contributed by atoms with E-state index in [2.05, 4.69) is 33.8 Å². The molecule has 8 atom stereocenters. The standard InChI is InChI=1S/C27H44O2/c1-18(17-28)8-7-9-19(2)21-11-12-22-20-16-25(29)24-10-5-6-14-26(24,3)23(20)13-15-27(21,22)4/h16,18-19,21-24,28H,5-15,17H2,1-4H3/t18?,19-,21-,22+,23+,24?,26-,27-/m1/s1. The summed E-state index contributed by atoms with van der Waals surface area (Å²) in [7, 11) is 0. The van der Waals surface area contributed by atoms with Crippen molar-refractivity contribution in [1.82, 2.24) is 0 Å². The zero-order chi connectivity index (χ0) is 20.8. The van der Waals surface area contributed by atoms with Crippen LogP contribution in [-0.4, -0.2) is 17.5 Å². The molecule has 164 valence electrons. The Hall–Kier alpha value is -0.630. The van der Waals surface area contributed by atoms with E-state index >= 15 is 0 Å². The number of hydrogen-bond acceptors (Lipinski definition) is 2. The summed E-state index contributed by atoms with van der Waals surface area (Å²) in [5.41, 5.74) is 2.21. The van der Waals surface area contributed by atoms with E-state index in [1.165, 1.54) is 57.8 Å². The van der Waals surface area contributed by atoms with Gasteiger partial charge in [0.2, 0.25) is 0 Å². The normalized spacial score (nSPS) is 43.8. The molecule has 3 fully saturated rings. The summed E-state index contributed by atoms with van der Waals surface area (Å²) >= 11 is 0. The second-order valence-electron chi connectivity index (χ2n) is 11.9. The Morgan fingerprint density at radius 2 is 1.72 bits per heavy atom. The van der Waals surface area contributed by atoms with Crippen molar-refractivity contribution in [2.24, 2.45) is 46.3 Å². The van der Waals surface area contributed by atoms with Gasteiger partial charge in [0, 0.05) is 12.5 Å². The van der Waals surface area contributed by atoms with Gasteiger partial charge in [0.05, 0.1) is 0 Å². The highest BCUT2D eigenvalue weighted by Crippen LogP contribution is 2.66. The number of aliphatic hydroxyl groups is 1. The molecule has 0 saturated heterocycles. The lowest BCUT2D eigenvalue weighted by atomic mass is 9.47. The van der Waals surface area contributed by atoms with Crippen LogP contribution in [-0.2, 0) is 4.79 Å². The Bertz CT molecular complexity index is 651. The average Bonchev–Trinajstić information content (AvgIpc) is 3.05. The molecule has 0 heterocycles. The molecule has 29 heavy (non-hydrogen) atoms. The first-order chi connectivity index (χ1) is 13.8. The molecule has 4 rings (SSSR count). The molecule has 3 saturated carbocycles. The molecular weight excluding hydrogens is 356 g/mol. The Kier molecular flexibility index (Phi) is 6.06. The maximum Gasteiger partial charge on any atom is 0.159 e. The maximum absolute atomic E-state index is 13.1. The number of fused-ring (bicyclic) bond motifs is 5.